The van der Waals surface area contributed by atoms with Crippen molar-refractivity contribution in [2.75, 3.05) is 6.61 Å². The Morgan fingerprint density at radius 1 is 1.42 bits per heavy atom. The number of aliphatic hydroxyl groups excluding tert-OH is 1. The van der Waals surface area contributed by atoms with Gasteiger partial charge in [-0.15, -0.1) is 0 Å². The molecule has 0 spiro atoms. The molecule has 0 bridgehead atoms. The summed E-state index contributed by atoms with van der Waals surface area (Å²) in [7, 11) is -3.88. The second kappa shape index (κ2) is 5.64. The first-order valence-corrected chi connectivity index (χ1v) is 7.06. The first kappa shape index (κ1) is 15.5. The molecule has 0 saturated carbocycles. The molecule has 7 nitrogen and oxygen atoms in total. The highest BCUT2D eigenvalue weighted by atomic mass is 32.2. The molecule has 0 aromatic heterocycles. The van der Waals surface area contributed by atoms with E-state index >= 15 is 0 Å². The Kier molecular flexibility index (Phi) is 4.61. The molecule has 1 rings (SSSR count). The van der Waals surface area contributed by atoms with Gasteiger partial charge in [-0.05, 0) is 32.4 Å². The predicted molar refractivity (Wildman–Crippen MR) is 69.4 cm³/mol. The smallest absolute Gasteiger partial charge is 0.273 e. The summed E-state index contributed by atoms with van der Waals surface area (Å²) in [5.41, 5.74) is 0.711. The summed E-state index contributed by atoms with van der Waals surface area (Å²) < 4.78 is 26.2. The second-order valence-corrected chi connectivity index (χ2v) is 6.06. The molecule has 106 valence electrons. The van der Waals surface area contributed by atoms with Gasteiger partial charge in [0.2, 0.25) is 10.0 Å². The van der Waals surface area contributed by atoms with Crippen LogP contribution in [0.5, 0.6) is 0 Å². The number of aliphatic hydroxyl groups is 1. The van der Waals surface area contributed by atoms with Gasteiger partial charge in [-0.25, -0.2) is 13.1 Å². The third kappa shape index (κ3) is 3.49. The van der Waals surface area contributed by atoms with Crippen LogP contribution in [0, 0.1) is 24.0 Å². The van der Waals surface area contributed by atoms with Crippen LogP contribution >= 0.6 is 0 Å². The van der Waals surface area contributed by atoms with Crippen LogP contribution in [-0.2, 0) is 10.0 Å². The molecule has 0 amide bonds. The highest BCUT2D eigenvalue weighted by Gasteiger charge is 2.22. The second-order valence-electron chi connectivity index (χ2n) is 4.35. The number of nitro benzene ring substituents is 1. The molecule has 0 aliphatic heterocycles. The van der Waals surface area contributed by atoms with Gasteiger partial charge in [-0.3, -0.25) is 10.1 Å². The highest BCUT2D eigenvalue weighted by molar-refractivity contribution is 7.89. The summed E-state index contributed by atoms with van der Waals surface area (Å²) in [6, 6.07) is 1.73. The van der Waals surface area contributed by atoms with Crippen molar-refractivity contribution in [1.82, 2.24) is 4.72 Å². The number of hydrogen-bond donors (Lipinski definition) is 2. The minimum absolute atomic E-state index is 0.178. The third-order valence-corrected chi connectivity index (χ3v) is 4.32. The monoisotopic (exact) mass is 288 g/mol. The molecule has 0 radical (unpaired) electrons. The van der Waals surface area contributed by atoms with Gasteiger partial charge >= 0.3 is 0 Å². The summed E-state index contributed by atoms with van der Waals surface area (Å²) >= 11 is 0. The van der Waals surface area contributed by atoms with Gasteiger partial charge in [-0.2, -0.15) is 0 Å². The van der Waals surface area contributed by atoms with E-state index in [0.717, 1.165) is 6.07 Å². The van der Waals surface area contributed by atoms with E-state index in [-0.39, 0.29) is 17.2 Å². The summed E-state index contributed by atoms with van der Waals surface area (Å²) in [5, 5.41) is 19.7. The Morgan fingerprint density at radius 2 is 2.00 bits per heavy atom. The summed E-state index contributed by atoms with van der Waals surface area (Å²) in [6.07, 6.45) is 0. The molecule has 0 aliphatic rings. The lowest BCUT2D eigenvalue weighted by Gasteiger charge is -2.12. The van der Waals surface area contributed by atoms with Gasteiger partial charge in [0, 0.05) is 17.7 Å². The first-order valence-electron chi connectivity index (χ1n) is 5.58. The van der Waals surface area contributed by atoms with E-state index in [1.807, 2.05) is 0 Å². The van der Waals surface area contributed by atoms with Crippen LogP contribution in [-0.4, -0.2) is 31.1 Å². The van der Waals surface area contributed by atoms with E-state index in [1.54, 1.807) is 13.8 Å². The molecule has 1 atom stereocenters. The lowest BCUT2D eigenvalue weighted by atomic mass is 10.1. The van der Waals surface area contributed by atoms with Gasteiger partial charge < -0.3 is 5.11 Å². The Morgan fingerprint density at radius 3 is 2.47 bits per heavy atom. The Labute approximate surface area is 111 Å². The molecule has 0 heterocycles. The summed E-state index contributed by atoms with van der Waals surface area (Å²) in [6.45, 7) is 4.31. The molecule has 0 saturated heterocycles. The molecular formula is C11H16N2O5S. The van der Waals surface area contributed by atoms with Crippen LogP contribution < -0.4 is 4.72 Å². The van der Waals surface area contributed by atoms with Crippen molar-refractivity contribution in [3.8, 4) is 0 Å². The largest absolute Gasteiger partial charge is 0.395 e. The number of rotatable bonds is 5. The molecule has 0 unspecified atom stereocenters. The summed E-state index contributed by atoms with van der Waals surface area (Å²) in [4.78, 5) is 10.1. The maximum absolute atomic E-state index is 12.0. The fraction of sp³-hybridized carbons (Fsp3) is 0.455. The van der Waals surface area contributed by atoms with Crippen molar-refractivity contribution < 1.29 is 18.4 Å². The van der Waals surface area contributed by atoms with Crippen molar-refractivity contribution in [2.45, 2.75) is 31.7 Å². The van der Waals surface area contributed by atoms with Gasteiger partial charge in [0.15, 0.2) is 0 Å². The van der Waals surface area contributed by atoms with Crippen LogP contribution in [0.25, 0.3) is 0 Å². The zero-order chi connectivity index (χ0) is 14.8. The van der Waals surface area contributed by atoms with Crippen molar-refractivity contribution in [2.24, 2.45) is 0 Å². The van der Waals surface area contributed by atoms with E-state index in [2.05, 4.69) is 4.72 Å². The van der Waals surface area contributed by atoms with Crippen LogP contribution in [0.3, 0.4) is 0 Å². The molecule has 19 heavy (non-hydrogen) atoms. The third-order valence-electron chi connectivity index (χ3n) is 2.75. The molecule has 1 aromatic carbocycles. The van der Waals surface area contributed by atoms with E-state index in [0.29, 0.717) is 11.1 Å². The predicted octanol–water partition coefficient (Wildman–Crippen LogP) is 0.871. The van der Waals surface area contributed by atoms with Crippen LogP contribution in [0.15, 0.2) is 17.0 Å². The van der Waals surface area contributed by atoms with Gasteiger partial charge in [0.05, 0.1) is 16.4 Å². The van der Waals surface area contributed by atoms with E-state index in [4.69, 9.17) is 5.11 Å². The number of nitro groups is 1. The molecule has 0 fully saturated rings. The Balaban J connectivity index is 3.32. The lowest BCUT2D eigenvalue weighted by Crippen LogP contribution is -2.35. The highest BCUT2D eigenvalue weighted by Crippen LogP contribution is 2.25. The standard InChI is InChI=1S/C11H16N2O5S/c1-7-4-10(5-11(9(7)3)13(15)16)19(17,18)12-8(2)6-14/h4-5,8,12,14H,6H2,1-3H3/t8-/m0/s1. The fourth-order valence-electron chi connectivity index (χ4n) is 1.52. The molecule has 1 aromatic rings. The maximum atomic E-state index is 12.0. The minimum atomic E-state index is -3.88. The SMILES string of the molecule is Cc1cc(S(=O)(=O)N[C@@H](C)CO)cc([N+](=O)[O-])c1C. The Hall–Kier alpha value is -1.51. The zero-order valence-electron chi connectivity index (χ0n) is 10.9. The topological polar surface area (TPSA) is 110 Å². The zero-order valence-corrected chi connectivity index (χ0v) is 11.7. The first-order chi connectivity index (χ1) is 8.69. The lowest BCUT2D eigenvalue weighted by molar-refractivity contribution is -0.385. The van der Waals surface area contributed by atoms with Crippen LogP contribution in [0.4, 0.5) is 5.69 Å². The number of sulfonamides is 1. The fourth-order valence-corrected chi connectivity index (χ4v) is 2.86. The van der Waals surface area contributed by atoms with Crippen molar-refractivity contribution in [3.05, 3.63) is 33.4 Å². The number of nitrogens with one attached hydrogen (secondary N) is 1. The van der Waals surface area contributed by atoms with Gasteiger partial charge in [0.1, 0.15) is 0 Å². The number of hydrogen-bond acceptors (Lipinski definition) is 5. The number of nitrogens with zero attached hydrogens (tertiary/aromatic N) is 1. The average molecular weight is 288 g/mol. The Bertz CT molecular complexity index is 597. The quantitative estimate of drug-likeness (QED) is 0.617. The van der Waals surface area contributed by atoms with Crippen molar-refractivity contribution >= 4 is 15.7 Å². The minimum Gasteiger partial charge on any atom is -0.395 e. The molecule has 2 N–H and O–H groups in total. The van der Waals surface area contributed by atoms with E-state index < -0.39 is 21.0 Å². The number of aryl methyl sites for hydroxylation is 1. The summed E-state index contributed by atoms with van der Waals surface area (Å²) in [5.74, 6) is 0. The molecule has 8 heteroatoms. The van der Waals surface area contributed by atoms with Crippen molar-refractivity contribution in [1.29, 1.82) is 0 Å². The van der Waals surface area contributed by atoms with E-state index in [1.165, 1.54) is 13.0 Å². The molecule has 0 aliphatic carbocycles. The normalized spacial score (nSPS) is 13.3. The number of benzene rings is 1. The van der Waals surface area contributed by atoms with Crippen LogP contribution in [0.1, 0.15) is 18.1 Å². The van der Waals surface area contributed by atoms with Gasteiger partial charge in [-0.1, -0.05) is 0 Å². The maximum Gasteiger partial charge on any atom is 0.273 e. The van der Waals surface area contributed by atoms with Gasteiger partial charge in [0.25, 0.3) is 5.69 Å². The molecular weight excluding hydrogens is 272 g/mol. The van der Waals surface area contributed by atoms with Crippen LogP contribution in [0.2, 0.25) is 0 Å². The van der Waals surface area contributed by atoms with E-state index in [9.17, 15) is 18.5 Å². The average Bonchev–Trinajstić information content (AvgIpc) is 2.31. The van der Waals surface area contributed by atoms with Crippen molar-refractivity contribution in [3.63, 3.8) is 0 Å².